The van der Waals surface area contributed by atoms with Gasteiger partial charge in [0.15, 0.2) is 0 Å². The topological polar surface area (TPSA) is 51.2 Å². The Balaban J connectivity index is 2.68. The molecule has 0 fully saturated rings. The van der Waals surface area contributed by atoms with Crippen LogP contribution in [0.2, 0.25) is 5.02 Å². The molecule has 0 aliphatic carbocycles. The quantitative estimate of drug-likeness (QED) is 0.746. The van der Waals surface area contributed by atoms with Crippen LogP contribution < -0.4 is 0 Å². The van der Waals surface area contributed by atoms with Crippen molar-refractivity contribution in [3.05, 3.63) is 34.2 Å². The number of halogens is 1. The van der Waals surface area contributed by atoms with E-state index >= 15 is 0 Å². The molecule has 0 saturated heterocycles. The van der Waals surface area contributed by atoms with E-state index in [9.17, 15) is 13.2 Å². The molecule has 3 nitrogen and oxygen atoms in total. The maximum Gasteiger partial charge on any atom is 0.200 e. The van der Waals surface area contributed by atoms with Crippen LogP contribution in [0.3, 0.4) is 0 Å². The highest BCUT2D eigenvalue weighted by Crippen LogP contribution is 2.36. The number of fused-ring (bicyclic) bond motifs is 1. The second kappa shape index (κ2) is 3.47. The Hall–Kier alpha value is -1.13. The molecule has 78 valence electrons. The molecule has 15 heavy (non-hydrogen) atoms. The number of hydrogen-bond donors (Lipinski definition) is 0. The number of sulfone groups is 1. The molecule has 1 aliphatic rings. The zero-order chi connectivity index (χ0) is 11.1. The molecule has 1 aliphatic heterocycles. The molecule has 1 aromatic rings. The van der Waals surface area contributed by atoms with Crippen LogP contribution in [0.25, 0.3) is 5.57 Å². The zero-order valence-corrected chi connectivity index (χ0v) is 9.18. The summed E-state index contributed by atoms with van der Waals surface area (Å²) in [4.78, 5) is 10.6. The van der Waals surface area contributed by atoms with Crippen molar-refractivity contribution in [3.63, 3.8) is 0 Å². The zero-order valence-electron chi connectivity index (χ0n) is 7.60. The average Bonchev–Trinajstić information content (AvgIpc) is 2.39. The first-order chi connectivity index (χ1) is 7.04. The molecule has 0 amide bonds. The Morgan fingerprint density at radius 2 is 2.07 bits per heavy atom. The Kier molecular flexibility index (Phi) is 2.40. The predicted octanol–water partition coefficient (Wildman–Crippen LogP) is 2.06. The van der Waals surface area contributed by atoms with Crippen molar-refractivity contribution in [1.29, 1.82) is 0 Å². The summed E-state index contributed by atoms with van der Waals surface area (Å²) in [6, 6.07) is 4.55. The van der Waals surface area contributed by atoms with E-state index in [1.807, 2.05) is 0 Å². The summed E-state index contributed by atoms with van der Waals surface area (Å²) in [5.41, 5.74) is 1.04. The molecule has 0 spiro atoms. The van der Waals surface area contributed by atoms with Crippen molar-refractivity contribution in [2.75, 3.05) is 0 Å². The van der Waals surface area contributed by atoms with Crippen LogP contribution in [0.1, 0.15) is 12.0 Å². The normalized spacial score (nSPS) is 17.0. The molecule has 0 bridgehead atoms. The number of rotatable bonds is 2. The van der Waals surface area contributed by atoms with Gasteiger partial charge >= 0.3 is 0 Å². The average molecular weight is 243 g/mol. The number of benzene rings is 1. The highest BCUT2D eigenvalue weighted by Gasteiger charge is 2.26. The van der Waals surface area contributed by atoms with Crippen LogP contribution in [0.15, 0.2) is 28.5 Å². The van der Waals surface area contributed by atoms with Crippen LogP contribution in [0.5, 0.6) is 0 Å². The van der Waals surface area contributed by atoms with Crippen LogP contribution in [-0.4, -0.2) is 14.7 Å². The molecule has 5 heteroatoms. The summed E-state index contributed by atoms with van der Waals surface area (Å²) in [6.45, 7) is 0. The van der Waals surface area contributed by atoms with E-state index in [1.165, 1.54) is 12.1 Å². The molecule has 0 aromatic heterocycles. The monoisotopic (exact) mass is 242 g/mol. The molecular weight excluding hydrogens is 236 g/mol. The first-order valence-corrected chi connectivity index (χ1v) is 6.16. The third-order valence-corrected chi connectivity index (χ3v) is 3.99. The van der Waals surface area contributed by atoms with Gasteiger partial charge in [-0.2, -0.15) is 0 Å². The predicted molar refractivity (Wildman–Crippen MR) is 57.3 cm³/mol. The summed E-state index contributed by atoms with van der Waals surface area (Å²) in [5.74, 6) is 0. The van der Waals surface area contributed by atoms with E-state index in [0.717, 1.165) is 5.41 Å². The van der Waals surface area contributed by atoms with E-state index in [2.05, 4.69) is 0 Å². The molecule has 0 unspecified atom stereocenters. The highest BCUT2D eigenvalue weighted by atomic mass is 35.5. The van der Waals surface area contributed by atoms with E-state index in [0.29, 0.717) is 22.4 Å². The van der Waals surface area contributed by atoms with Gasteiger partial charge in [-0.25, -0.2) is 8.42 Å². The van der Waals surface area contributed by atoms with Gasteiger partial charge in [-0.15, -0.1) is 0 Å². The first-order valence-electron chi connectivity index (χ1n) is 4.24. The van der Waals surface area contributed by atoms with Gasteiger partial charge in [-0.3, -0.25) is 0 Å². The van der Waals surface area contributed by atoms with Gasteiger partial charge in [0.25, 0.3) is 0 Å². The maximum absolute atomic E-state index is 11.6. The molecule has 0 atom stereocenters. The van der Waals surface area contributed by atoms with Crippen molar-refractivity contribution in [2.45, 2.75) is 11.3 Å². The molecule has 1 aromatic carbocycles. The summed E-state index contributed by atoms with van der Waals surface area (Å²) in [7, 11) is -3.37. The van der Waals surface area contributed by atoms with Gasteiger partial charge in [0.2, 0.25) is 9.84 Å². The fourth-order valence-electron chi connectivity index (χ4n) is 1.56. The van der Waals surface area contributed by atoms with Crippen molar-refractivity contribution >= 4 is 33.3 Å². The van der Waals surface area contributed by atoms with Gasteiger partial charge in [0.1, 0.15) is 6.29 Å². The lowest BCUT2D eigenvalue weighted by Gasteiger charge is -2.01. The Morgan fingerprint density at radius 3 is 2.73 bits per heavy atom. The lowest BCUT2D eigenvalue weighted by molar-refractivity contribution is -0.107. The Labute approximate surface area is 92.3 Å². The number of allylic oxidation sites excluding steroid dienone is 1. The fourth-order valence-corrected chi connectivity index (χ4v) is 3.21. The molecule has 0 N–H and O–H groups in total. The second-order valence-electron chi connectivity index (χ2n) is 3.20. The van der Waals surface area contributed by atoms with Crippen LogP contribution in [-0.2, 0) is 14.6 Å². The summed E-state index contributed by atoms with van der Waals surface area (Å²) in [5, 5.41) is 1.59. The van der Waals surface area contributed by atoms with Crippen LogP contribution >= 0.6 is 11.6 Å². The standard InChI is InChI=1S/C10H7ClO3S/c11-8-1-2-10-9(5-8)7(3-4-12)6-15(10,13)14/h1-2,4-6H,3H2. The van der Waals surface area contributed by atoms with Crippen molar-refractivity contribution < 1.29 is 13.2 Å². The smallest absolute Gasteiger partial charge is 0.200 e. The van der Waals surface area contributed by atoms with Crippen molar-refractivity contribution in [1.82, 2.24) is 0 Å². The van der Waals surface area contributed by atoms with Gasteiger partial charge in [0, 0.05) is 16.9 Å². The summed E-state index contributed by atoms with van der Waals surface area (Å²) >= 11 is 5.77. The molecule has 1 heterocycles. The van der Waals surface area contributed by atoms with Crippen molar-refractivity contribution in [2.24, 2.45) is 0 Å². The SMILES string of the molecule is O=CCC1=CS(=O)(=O)c2ccc(Cl)cc21. The number of carbonyl (C=O) groups is 1. The second-order valence-corrected chi connectivity index (χ2v) is 5.40. The molecular formula is C10H7ClO3S. The lowest BCUT2D eigenvalue weighted by Crippen LogP contribution is -1.92. The van der Waals surface area contributed by atoms with E-state index in [4.69, 9.17) is 11.6 Å². The van der Waals surface area contributed by atoms with Gasteiger partial charge in [-0.05, 0) is 29.3 Å². The maximum atomic E-state index is 11.6. The molecule has 2 rings (SSSR count). The van der Waals surface area contributed by atoms with E-state index < -0.39 is 9.84 Å². The van der Waals surface area contributed by atoms with Gasteiger partial charge in [-0.1, -0.05) is 11.6 Å². The minimum absolute atomic E-state index is 0.0899. The molecule has 0 radical (unpaired) electrons. The van der Waals surface area contributed by atoms with Gasteiger partial charge in [0.05, 0.1) is 4.90 Å². The highest BCUT2D eigenvalue weighted by molar-refractivity contribution is 7.95. The largest absolute Gasteiger partial charge is 0.303 e. The van der Waals surface area contributed by atoms with E-state index in [1.54, 1.807) is 6.07 Å². The van der Waals surface area contributed by atoms with Gasteiger partial charge < -0.3 is 4.79 Å². The molecule has 0 saturated carbocycles. The summed E-state index contributed by atoms with van der Waals surface area (Å²) in [6.07, 6.45) is 0.768. The third kappa shape index (κ3) is 1.70. The van der Waals surface area contributed by atoms with E-state index in [-0.39, 0.29) is 11.3 Å². The minimum atomic E-state index is -3.37. The van der Waals surface area contributed by atoms with Crippen LogP contribution in [0, 0.1) is 0 Å². The number of aldehydes is 1. The lowest BCUT2D eigenvalue weighted by atomic mass is 10.1. The Morgan fingerprint density at radius 1 is 1.33 bits per heavy atom. The first kappa shape index (κ1) is 10.4. The summed E-state index contributed by atoms with van der Waals surface area (Å²) < 4.78 is 23.2. The Bertz CT molecular complexity index is 558. The number of carbonyl (C=O) groups excluding carboxylic acids is 1. The third-order valence-electron chi connectivity index (χ3n) is 2.19. The van der Waals surface area contributed by atoms with Crippen molar-refractivity contribution in [3.8, 4) is 0 Å². The minimum Gasteiger partial charge on any atom is -0.303 e. The number of hydrogen-bond acceptors (Lipinski definition) is 3. The fraction of sp³-hybridized carbons (Fsp3) is 0.100. The van der Waals surface area contributed by atoms with Crippen LogP contribution in [0.4, 0.5) is 0 Å².